The van der Waals surface area contributed by atoms with Crippen molar-refractivity contribution in [3.63, 3.8) is 0 Å². The molecular weight excluding hydrogens is 198 g/mol. The first-order valence-electron chi connectivity index (χ1n) is 4.55. The molecule has 0 aromatic carbocycles. The van der Waals surface area contributed by atoms with Gasteiger partial charge in [-0.3, -0.25) is 14.4 Å². The number of amides is 2. The van der Waals surface area contributed by atoms with E-state index < -0.39 is 0 Å². The number of imide groups is 1. The fourth-order valence-corrected chi connectivity index (χ4v) is 1.23. The summed E-state index contributed by atoms with van der Waals surface area (Å²) in [6, 6.07) is 0.332. The molecule has 6 heteroatoms. The predicted molar refractivity (Wildman–Crippen MR) is 52.6 cm³/mol. The number of rotatable bonds is 1. The second-order valence-electron chi connectivity index (χ2n) is 3.55. The average Bonchev–Trinajstić information content (AvgIpc) is 2.42. The predicted octanol–water partition coefficient (Wildman–Crippen LogP) is -0.962. The molecule has 6 nitrogen and oxygen atoms in total. The number of carbonyl (C=O) groups is 2. The highest BCUT2D eigenvalue weighted by Crippen LogP contribution is 2.12. The van der Waals surface area contributed by atoms with Gasteiger partial charge in [0.05, 0.1) is 0 Å². The molecule has 0 aliphatic carbocycles. The highest BCUT2D eigenvalue weighted by molar-refractivity contribution is 6.01. The molecule has 1 saturated heterocycles. The second kappa shape index (κ2) is 4.20. The van der Waals surface area contributed by atoms with E-state index in [1.54, 1.807) is 25.7 Å². The van der Waals surface area contributed by atoms with E-state index >= 15 is 0 Å². The number of carbonyl (C=O) groups excluding carboxylic acids is 2. The zero-order chi connectivity index (χ0) is 11.6. The maximum Gasteiger partial charge on any atom is 0.649 e. The third-order valence-corrected chi connectivity index (χ3v) is 1.89. The van der Waals surface area contributed by atoms with E-state index in [2.05, 4.69) is 6.72 Å². The first kappa shape index (κ1) is 11.4. The van der Waals surface area contributed by atoms with Gasteiger partial charge in [0, 0.05) is 12.8 Å². The molecule has 1 rings (SSSR count). The molecule has 0 N–H and O–H groups in total. The Hall–Kier alpha value is -1.72. The Morgan fingerprint density at radius 1 is 1.27 bits per heavy atom. The normalized spacial score (nSPS) is 15.5. The Morgan fingerprint density at radius 3 is 2.07 bits per heavy atom. The highest BCUT2D eigenvalue weighted by Gasteiger charge is 2.37. The van der Waals surface area contributed by atoms with Gasteiger partial charge >= 0.3 is 6.02 Å². The molecule has 2 amide bonds. The van der Waals surface area contributed by atoms with E-state index in [4.69, 9.17) is 4.84 Å². The first-order chi connectivity index (χ1) is 6.93. The van der Waals surface area contributed by atoms with Crippen LogP contribution in [0.4, 0.5) is 0 Å². The van der Waals surface area contributed by atoms with Crippen molar-refractivity contribution >= 4 is 24.6 Å². The Labute approximate surface area is 88.0 Å². The topological polar surface area (TPSA) is 52.6 Å². The van der Waals surface area contributed by atoms with E-state index in [0.717, 1.165) is 5.06 Å². The van der Waals surface area contributed by atoms with Crippen LogP contribution in [0.5, 0.6) is 0 Å². The average molecular weight is 213 g/mol. The molecule has 0 unspecified atom stereocenters. The lowest BCUT2D eigenvalue weighted by Gasteiger charge is -2.09. The summed E-state index contributed by atoms with van der Waals surface area (Å²) in [5, 5.41) is 0.789. The minimum atomic E-state index is -0.318. The zero-order valence-corrected chi connectivity index (χ0v) is 9.19. The zero-order valence-electron chi connectivity index (χ0n) is 9.19. The third kappa shape index (κ3) is 2.39. The van der Waals surface area contributed by atoms with Crippen molar-refractivity contribution in [3.8, 4) is 0 Å². The summed E-state index contributed by atoms with van der Waals surface area (Å²) in [4.78, 5) is 27.7. The van der Waals surface area contributed by atoms with Crippen LogP contribution in [0.3, 0.4) is 0 Å². The smallest absolute Gasteiger partial charge is 0.271 e. The second-order valence-corrected chi connectivity index (χ2v) is 3.55. The van der Waals surface area contributed by atoms with Gasteiger partial charge in [0.1, 0.15) is 27.9 Å². The van der Waals surface area contributed by atoms with Crippen LogP contribution in [0, 0.1) is 0 Å². The number of amidine groups is 1. The van der Waals surface area contributed by atoms with Crippen LogP contribution in [0.25, 0.3) is 0 Å². The van der Waals surface area contributed by atoms with Gasteiger partial charge in [0.2, 0.25) is 0 Å². The van der Waals surface area contributed by atoms with Crippen molar-refractivity contribution in [3.05, 3.63) is 0 Å². The van der Waals surface area contributed by atoms with Crippen LogP contribution in [0.1, 0.15) is 12.8 Å². The lowest BCUT2D eigenvalue weighted by Crippen LogP contribution is -2.38. The highest BCUT2D eigenvalue weighted by atomic mass is 16.7. The third-order valence-electron chi connectivity index (χ3n) is 1.89. The summed E-state index contributed by atoms with van der Waals surface area (Å²) in [5.41, 5.74) is 0. The first-order valence-corrected chi connectivity index (χ1v) is 4.55. The molecule has 1 fully saturated rings. The van der Waals surface area contributed by atoms with Crippen LogP contribution in [-0.4, -0.2) is 59.9 Å². The number of nitrogens with zero attached hydrogens (tertiary/aromatic N) is 3. The van der Waals surface area contributed by atoms with Crippen LogP contribution < -0.4 is 0 Å². The Balaban J connectivity index is 2.84. The van der Waals surface area contributed by atoms with Crippen LogP contribution >= 0.6 is 0 Å². The lowest BCUT2D eigenvalue weighted by atomic mass is 10.4. The minimum Gasteiger partial charge on any atom is -0.271 e. The van der Waals surface area contributed by atoms with Crippen LogP contribution in [-0.2, 0) is 14.4 Å². The Morgan fingerprint density at radius 2 is 1.73 bits per heavy atom. The van der Waals surface area contributed by atoms with Crippen molar-refractivity contribution < 1.29 is 23.6 Å². The maximum absolute atomic E-state index is 11.3. The molecule has 0 spiro atoms. The van der Waals surface area contributed by atoms with E-state index in [-0.39, 0.29) is 24.7 Å². The summed E-state index contributed by atoms with van der Waals surface area (Å²) < 4.78 is 3.07. The van der Waals surface area contributed by atoms with Gasteiger partial charge in [-0.1, -0.05) is 5.06 Å². The fourth-order valence-electron chi connectivity index (χ4n) is 1.23. The fraction of sp³-hybridized carbons (Fsp3) is 0.556. The van der Waals surface area contributed by atoms with Crippen molar-refractivity contribution in [2.45, 2.75) is 12.8 Å². The quantitative estimate of drug-likeness (QED) is 0.244. The Kier molecular flexibility index (Phi) is 3.18. The molecule has 1 heterocycles. The molecule has 0 aromatic heterocycles. The number of hydrogen-bond acceptors (Lipinski definition) is 3. The van der Waals surface area contributed by atoms with Gasteiger partial charge in [-0.2, -0.15) is 0 Å². The summed E-state index contributed by atoms with van der Waals surface area (Å²) in [6.45, 7) is 3.63. The van der Waals surface area contributed by atoms with Gasteiger partial charge in [-0.05, 0) is 0 Å². The largest absolute Gasteiger partial charge is 0.649 e. The summed E-state index contributed by atoms with van der Waals surface area (Å²) >= 11 is 0. The van der Waals surface area contributed by atoms with Crippen molar-refractivity contribution in [1.29, 1.82) is 0 Å². The molecule has 0 bridgehead atoms. The molecule has 82 valence electrons. The van der Waals surface area contributed by atoms with Gasteiger partial charge < -0.3 is 0 Å². The summed E-state index contributed by atoms with van der Waals surface area (Å²) in [6.07, 6.45) is 0.417. The van der Waals surface area contributed by atoms with E-state index in [0.29, 0.717) is 6.02 Å². The van der Waals surface area contributed by atoms with Gasteiger partial charge in [0.15, 0.2) is 0 Å². The maximum atomic E-state index is 11.3. The SMILES string of the molecule is C=[N+](C)C(ON1C(=O)CCC1=O)=[N+](C)C. The van der Waals surface area contributed by atoms with Crippen molar-refractivity contribution in [2.75, 3.05) is 21.1 Å². The van der Waals surface area contributed by atoms with Crippen LogP contribution in [0.2, 0.25) is 0 Å². The van der Waals surface area contributed by atoms with E-state index in [9.17, 15) is 9.59 Å². The Bertz CT molecular complexity index is 340. The molecule has 0 aromatic rings. The molecule has 0 atom stereocenters. The minimum absolute atomic E-state index is 0.209. The van der Waals surface area contributed by atoms with Crippen molar-refractivity contribution in [1.82, 2.24) is 5.06 Å². The molecule has 15 heavy (non-hydrogen) atoms. The number of hydroxylamine groups is 2. The molecule has 1 aliphatic rings. The summed E-state index contributed by atoms with van der Waals surface area (Å²) in [7, 11) is 5.14. The van der Waals surface area contributed by atoms with Crippen LogP contribution in [0.15, 0.2) is 0 Å². The number of hydrogen-bond donors (Lipinski definition) is 0. The van der Waals surface area contributed by atoms with Gasteiger partial charge in [-0.25, -0.2) is 0 Å². The molecular formula is C9H15N3O3+2. The van der Waals surface area contributed by atoms with E-state index in [1.807, 2.05) is 0 Å². The van der Waals surface area contributed by atoms with E-state index in [1.165, 1.54) is 4.58 Å². The summed E-state index contributed by atoms with van der Waals surface area (Å²) in [5.74, 6) is -0.637. The molecule has 0 saturated carbocycles. The standard InChI is InChI=1S/C9H15N3O3/c1-10(2)9(11(3)4)15-12-7(13)5-6-8(12)14/h1,5-6H2,2-4H3/q+2. The molecule has 0 radical (unpaired) electrons. The van der Waals surface area contributed by atoms with Gasteiger partial charge in [-0.15, -0.1) is 9.15 Å². The lowest BCUT2D eigenvalue weighted by molar-refractivity contribution is -0.557. The van der Waals surface area contributed by atoms with Crippen molar-refractivity contribution in [2.24, 2.45) is 0 Å². The van der Waals surface area contributed by atoms with Gasteiger partial charge in [0.25, 0.3) is 11.8 Å². The molecule has 1 aliphatic heterocycles. The monoisotopic (exact) mass is 213 g/mol.